The third-order valence-corrected chi connectivity index (χ3v) is 4.02. The second-order valence-electron chi connectivity index (χ2n) is 5.77. The van der Waals surface area contributed by atoms with Gasteiger partial charge in [-0.3, -0.25) is 14.7 Å². The summed E-state index contributed by atoms with van der Waals surface area (Å²) >= 11 is 0. The Morgan fingerprint density at radius 3 is 2.85 bits per heavy atom. The molecular formula is C15H19N3O2. The molecule has 2 aliphatic rings. The smallest absolute Gasteiger partial charge is 0.312 e. The van der Waals surface area contributed by atoms with Crippen LogP contribution in [-0.4, -0.2) is 39.3 Å². The number of carbonyl (C=O) groups is 2. The molecule has 106 valence electrons. The molecule has 0 unspecified atom stereocenters. The van der Waals surface area contributed by atoms with Crippen molar-refractivity contribution in [3.8, 4) is 0 Å². The molecule has 1 aromatic rings. The predicted octanol–water partition coefficient (Wildman–Crippen LogP) is 2.13. The standard InChI is InChI=1S/C15H19N3O2/c1-10(2)12-6-3-5-11(16-12)9-18-14(19)13-7-4-8-17(13)15(18)20/h3,5-6,10,13H,4,7-9H2,1-2H3/t13-/m1/s1. The van der Waals surface area contributed by atoms with E-state index in [0.717, 1.165) is 24.2 Å². The van der Waals surface area contributed by atoms with Crippen molar-refractivity contribution in [2.24, 2.45) is 0 Å². The zero-order valence-corrected chi connectivity index (χ0v) is 11.9. The Morgan fingerprint density at radius 1 is 1.35 bits per heavy atom. The molecule has 0 saturated carbocycles. The molecule has 1 aromatic heterocycles. The molecule has 0 N–H and O–H groups in total. The summed E-state index contributed by atoms with van der Waals surface area (Å²) in [4.78, 5) is 32.0. The van der Waals surface area contributed by atoms with Gasteiger partial charge < -0.3 is 4.90 Å². The topological polar surface area (TPSA) is 53.5 Å². The Balaban J connectivity index is 1.80. The number of aromatic nitrogens is 1. The van der Waals surface area contributed by atoms with E-state index in [2.05, 4.69) is 18.8 Å². The SMILES string of the molecule is CC(C)c1cccc(CN2C(=O)[C@H]3CCCN3C2=O)n1. The van der Waals surface area contributed by atoms with E-state index < -0.39 is 0 Å². The van der Waals surface area contributed by atoms with Gasteiger partial charge in [0.15, 0.2) is 0 Å². The maximum absolute atomic E-state index is 12.3. The molecule has 0 bridgehead atoms. The van der Waals surface area contributed by atoms with Crippen molar-refractivity contribution in [3.05, 3.63) is 29.6 Å². The zero-order valence-electron chi connectivity index (χ0n) is 11.9. The second-order valence-corrected chi connectivity index (χ2v) is 5.77. The lowest BCUT2D eigenvalue weighted by atomic mass is 10.1. The first kappa shape index (κ1) is 13.1. The first-order chi connectivity index (χ1) is 9.58. The third-order valence-electron chi connectivity index (χ3n) is 4.02. The van der Waals surface area contributed by atoms with Crippen LogP contribution in [0.3, 0.4) is 0 Å². The second kappa shape index (κ2) is 4.89. The fourth-order valence-electron chi connectivity index (χ4n) is 2.90. The van der Waals surface area contributed by atoms with E-state index >= 15 is 0 Å². The van der Waals surface area contributed by atoms with Gasteiger partial charge in [0.2, 0.25) is 0 Å². The molecule has 0 radical (unpaired) electrons. The van der Waals surface area contributed by atoms with Gasteiger partial charge in [-0.25, -0.2) is 4.79 Å². The minimum Gasteiger partial charge on any atom is -0.312 e. The Kier molecular flexibility index (Phi) is 3.20. The Morgan fingerprint density at radius 2 is 2.15 bits per heavy atom. The average Bonchev–Trinajstić information content (AvgIpc) is 2.99. The van der Waals surface area contributed by atoms with Crippen LogP contribution in [0.1, 0.15) is 44.0 Å². The number of fused-ring (bicyclic) bond motifs is 1. The van der Waals surface area contributed by atoms with Gasteiger partial charge in [0.1, 0.15) is 6.04 Å². The quantitative estimate of drug-likeness (QED) is 0.793. The maximum atomic E-state index is 12.3. The highest BCUT2D eigenvalue weighted by atomic mass is 16.2. The predicted molar refractivity (Wildman–Crippen MR) is 74.0 cm³/mol. The van der Waals surface area contributed by atoms with E-state index in [1.54, 1.807) is 4.90 Å². The highest BCUT2D eigenvalue weighted by Crippen LogP contribution is 2.28. The number of hydrogen-bond acceptors (Lipinski definition) is 3. The average molecular weight is 273 g/mol. The molecule has 5 nitrogen and oxygen atoms in total. The highest BCUT2D eigenvalue weighted by molar-refractivity contribution is 6.04. The van der Waals surface area contributed by atoms with Crippen molar-refractivity contribution < 1.29 is 9.59 Å². The van der Waals surface area contributed by atoms with Gasteiger partial charge in [-0.15, -0.1) is 0 Å². The van der Waals surface area contributed by atoms with E-state index in [0.29, 0.717) is 12.5 Å². The minimum atomic E-state index is -0.226. The Bertz CT molecular complexity index is 534. The van der Waals surface area contributed by atoms with Crippen LogP contribution in [0.5, 0.6) is 0 Å². The van der Waals surface area contributed by atoms with E-state index in [9.17, 15) is 9.59 Å². The lowest BCUT2D eigenvalue weighted by Crippen LogP contribution is -2.33. The molecule has 3 rings (SSSR count). The number of nitrogens with zero attached hydrogens (tertiary/aromatic N) is 3. The van der Waals surface area contributed by atoms with Crippen LogP contribution in [0, 0.1) is 0 Å². The van der Waals surface area contributed by atoms with Gasteiger partial charge in [-0.2, -0.15) is 0 Å². The van der Waals surface area contributed by atoms with Gasteiger partial charge in [0.05, 0.1) is 12.2 Å². The summed E-state index contributed by atoms with van der Waals surface area (Å²) in [5.74, 6) is 0.271. The van der Waals surface area contributed by atoms with Gasteiger partial charge in [-0.05, 0) is 30.9 Å². The summed E-state index contributed by atoms with van der Waals surface area (Å²) in [6, 6.07) is 5.39. The molecule has 2 aliphatic heterocycles. The molecule has 0 aliphatic carbocycles. The van der Waals surface area contributed by atoms with Crippen LogP contribution in [0.2, 0.25) is 0 Å². The normalized spacial score (nSPS) is 22.1. The largest absolute Gasteiger partial charge is 0.327 e. The van der Waals surface area contributed by atoms with Gasteiger partial charge in [0, 0.05) is 12.2 Å². The van der Waals surface area contributed by atoms with Crippen molar-refractivity contribution in [1.82, 2.24) is 14.8 Å². The summed E-state index contributed by atoms with van der Waals surface area (Å²) in [5, 5.41) is 0. The van der Waals surface area contributed by atoms with E-state index in [4.69, 9.17) is 0 Å². The van der Waals surface area contributed by atoms with Crippen LogP contribution in [0.25, 0.3) is 0 Å². The van der Waals surface area contributed by atoms with Crippen molar-refractivity contribution >= 4 is 11.9 Å². The molecule has 0 spiro atoms. The van der Waals surface area contributed by atoms with Gasteiger partial charge >= 0.3 is 6.03 Å². The number of urea groups is 1. The van der Waals surface area contributed by atoms with Crippen LogP contribution >= 0.6 is 0 Å². The van der Waals surface area contributed by atoms with Crippen molar-refractivity contribution in [2.45, 2.75) is 45.2 Å². The van der Waals surface area contributed by atoms with Crippen molar-refractivity contribution in [1.29, 1.82) is 0 Å². The van der Waals surface area contributed by atoms with E-state index in [1.807, 2.05) is 18.2 Å². The minimum absolute atomic E-state index is 0.0655. The lowest BCUT2D eigenvalue weighted by molar-refractivity contribution is -0.128. The number of rotatable bonds is 3. The fraction of sp³-hybridized carbons (Fsp3) is 0.533. The Hall–Kier alpha value is -1.91. The van der Waals surface area contributed by atoms with Crippen LogP contribution in [0.4, 0.5) is 4.79 Å². The molecule has 2 saturated heterocycles. The van der Waals surface area contributed by atoms with Crippen molar-refractivity contribution in [3.63, 3.8) is 0 Å². The number of amides is 3. The number of imide groups is 1. The van der Waals surface area contributed by atoms with Crippen molar-refractivity contribution in [2.75, 3.05) is 6.54 Å². The van der Waals surface area contributed by atoms with E-state index in [1.165, 1.54) is 4.90 Å². The third kappa shape index (κ3) is 2.07. The zero-order chi connectivity index (χ0) is 14.3. The van der Waals surface area contributed by atoms with Gasteiger partial charge in [0.25, 0.3) is 5.91 Å². The first-order valence-corrected chi connectivity index (χ1v) is 7.15. The highest BCUT2D eigenvalue weighted by Gasteiger charge is 2.47. The van der Waals surface area contributed by atoms with Crippen LogP contribution in [0.15, 0.2) is 18.2 Å². The summed E-state index contributed by atoms with van der Waals surface area (Å²) in [5.41, 5.74) is 1.76. The maximum Gasteiger partial charge on any atom is 0.327 e. The fourth-order valence-corrected chi connectivity index (χ4v) is 2.90. The molecule has 20 heavy (non-hydrogen) atoms. The molecule has 3 amide bonds. The van der Waals surface area contributed by atoms with Crippen LogP contribution in [-0.2, 0) is 11.3 Å². The summed E-state index contributed by atoms with van der Waals surface area (Å²) < 4.78 is 0. The lowest BCUT2D eigenvalue weighted by Gasteiger charge is -2.15. The van der Waals surface area contributed by atoms with Crippen LogP contribution < -0.4 is 0 Å². The number of hydrogen-bond donors (Lipinski definition) is 0. The molecule has 1 atom stereocenters. The van der Waals surface area contributed by atoms with E-state index in [-0.39, 0.29) is 24.5 Å². The molecule has 3 heterocycles. The number of carbonyl (C=O) groups excluding carboxylic acids is 2. The first-order valence-electron chi connectivity index (χ1n) is 7.15. The summed E-state index contributed by atoms with van der Waals surface area (Å²) in [6.45, 7) is 5.14. The molecule has 5 heteroatoms. The summed E-state index contributed by atoms with van der Waals surface area (Å²) in [7, 11) is 0. The monoisotopic (exact) mass is 273 g/mol. The van der Waals surface area contributed by atoms with Gasteiger partial charge in [-0.1, -0.05) is 19.9 Å². The molecular weight excluding hydrogens is 254 g/mol. The summed E-state index contributed by atoms with van der Waals surface area (Å²) in [6.07, 6.45) is 1.72. The molecule has 0 aromatic carbocycles. The number of pyridine rings is 1. The Labute approximate surface area is 118 Å². The molecule has 2 fully saturated rings.